The van der Waals surface area contributed by atoms with E-state index in [1.54, 1.807) is 60.7 Å². The molecule has 714 valence electrons. The molecule has 0 heterocycles. The molecule has 0 nitrogen and oxygen atoms in total. The first-order valence-corrected chi connectivity index (χ1v) is 49.1. The average molecular weight is 2050 g/mol. The summed E-state index contributed by atoms with van der Waals surface area (Å²) in [5.74, 6) is -13.5. The molecule has 18 aromatic carbocycles. The summed E-state index contributed by atoms with van der Waals surface area (Å²) < 4.78 is 323. The smallest absolute Gasteiger partial charge is 0.207 e. The fraction of sp³-hybridized carbons (Fsp3) is 0.0270. The van der Waals surface area contributed by atoms with Crippen LogP contribution in [0.25, 0.3) is 0 Å². The predicted molar refractivity (Wildman–Crippen MR) is 503 cm³/mol. The van der Waals surface area contributed by atoms with Crippen LogP contribution in [0.3, 0.4) is 0 Å². The van der Waals surface area contributed by atoms with Crippen molar-refractivity contribution < 1.29 is 105 Å². The van der Waals surface area contributed by atoms with Crippen molar-refractivity contribution in [3.63, 3.8) is 0 Å². The van der Waals surface area contributed by atoms with Gasteiger partial charge in [0.25, 0.3) is 0 Å². The van der Waals surface area contributed by atoms with Crippen molar-refractivity contribution in [1.29, 1.82) is 0 Å². The Kier molecular flexibility index (Phi) is 36.0. The topological polar surface area (TPSA) is 0 Å². The van der Waals surface area contributed by atoms with Crippen LogP contribution in [0.2, 0.25) is 0 Å². The second-order valence-corrected chi connectivity index (χ2v) is 42.0. The molecule has 0 aliphatic heterocycles. The molecule has 30 heteroatoms. The van der Waals surface area contributed by atoms with Crippen LogP contribution in [0, 0.1) is 112 Å². The lowest BCUT2D eigenvalue weighted by Gasteiger charge is -2.11. The quantitative estimate of drug-likeness (QED) is 0.0593. The maximum absolute atomic E-state index is 14.3. The zero-order chi connectivity index (χ0) is 101. The van der Waals surface area contributed by atoms with Gasteiger partial charge in [-0.25, -0.2) is 79.0 Å². The van der Waals surface area contributed by atoms with Gasteiger partial charge in [-0.2, -0.15) is 26.3 Å². The van der Waals surface area contributed by atoms with Crippen LogP contribution in [-0.2, 0) is 77.7 Å². The third kappa shape index (κ3) is 29.1. The van der Waals surface area contributed by atoms with E-state index in [1.165, 1.54) is 84.9 Å². The molecule has 0 aliphatic carbocycles. The van der Waals surface area contributed by atoms with Gasteiger partial charge in [0.2, 0.25) is 14.7 Å². The van der Waals surface area contributed by atoms with Gasteiger partial charge < -0.3 is 0 Å². The standard InChI is InChI=1S/C21H15F6S.C18H9F6S.2C18H11F4S.2C18H13F2S/c1-14-2-8-17(9-3-14)28(18-10-4-15(5-11-18)20(22,23)24)19-12-6-16(7-13-19)21(25,26)27;19-10-1-11(20)5-16(4-10)25(17-6-12(21)2-13(22)7-17)18-8-14(23)3-15(24)9-18;19-12-6-13(20)9-17(8-12)23(16-4-2-1-3-5-16)18-10-14(21)7-15(22)11-18;19-12-6-8-17(15(21)10-12)23(14-4-2-1-3-5-14)18-9-7-13(20)11-16(18)22;19-14-11-15(20)13-18(12-14)21(16-7-3-1-4-8-16)17-9-5-2-6-10-17;19-14-11-12-18(17(20)13-14)21(15-7-3-1-4-8-15)16-9-5-2-6-10-16/h2-13H,1H3;1-9H;2*1-11H;2*1-13H/q6*+1. The van der Waals surface area contributed by atoms with Crippen molar-refractivity contribution in [3.05, 3.63) is 540 Å². The Labute approximate surface area is 812 Å². The Morgan fingerprint density at radius 3 is 0.511 bits per heavy atom. The summed E-state index contributed by atoms with van der Waals surface area (Å²) in [6.45, 7) is 1.90. The van der Waals surface area contributed by atoms with Crippen LogP contribution in [0.1, 0.15) is 16.7 Å². The molecule has 141 heavy (non-hydrogen) atoms. The first-order valence-electron chi connectivity index (χ1n) is 41.7. The van der Waals surface area contributed by atoms with Crippen LogP contribution >= 0.6 is 0 Å². The highest BCUT2D eigenvalue weighted by molar-refractivity contribution is 7.98. The van der Waals surface area contributed by atoms with E-state index in [0.29, 0.717) is 57.4 Å². The number of hydrogen-bond donors (Lipinski definition) is 0. The summed E-state index contributed by atoms with van der Waals surface area (Å²) in [7, 11) is -5.59. The normalized spacial score (nSPS) is 11.3. The monoisotopic (exact) mass is 2050 g/mol. The van der Waals surface area contributed by atoms with Gasteiger partial charge in [0, 0.05) is 146 Å². The fourth-order valence-electron chi connectivity index (χ4n) is 13.8. The van der Waals surface area contributed by atoms with Crippen LogP contribution in [0.5, 0.6) is 0 Å². The lowest BCUT2D eigenvalue weighted by molar-refractivity contribution is -0.138. The number of alkyl halides is 6. The molecule has 18 aromatic rings. The van der Waals surface area contributed by atoms with Crippen molar-refractivity contribution in [1.82, 2.24) is 0 Å². The van der Waals surface area contributed by atoms with Crippen LogP contribution in [-0.4, -0.2) is 0 Å². The highest BCUT2D eigenvalue weighted by Crippen LogP contribution is 2.43. The van der Waals surface area contributed by atoms with Gasteiger partial charge in [-0.15, -0.1) is 0 Å². The Bertz CT molecular complexity index is 6730. The van der Waals surface area contributed by atoms with E-state index in [1.807, 2.05) is 153 Å². The summed E-state index contributed by atoms with van der Waals surface area (Å²) in [5, 5.41) is 0. The van der Waals surface area contributed by atoms with Gasteiger partial charge in [-0.3, -0.25) is 0 Å². The molecule has 0 aliphatic rings. The molecule has 0 spiro atoms. The van der Waals surface area contributed by atoms with Crippen molar-refractivity contribution >= 4 is 65.4 Å². The summed E-state index contributed by atoms with van der Waals surface area (Å²) >= 11 is 0. The van der Waals surface area contributed by atoms with E-state index in [-0.39, 0.29) is 24.5 Å². The molecule has 0 radical (unpaired) electrons. The van der Waals surface area contributed by atoms with Crippen LogP contribution in [0.4, 0.5) is 105 Å². The fourth-order valence-corrected chi connectivity index (χ4v) is 26.5. The predicted octanol–water partition coefficient (Wildman–Crippen LogP) is 33.5. The second kappa shape index (κ2) is 48.5. The van der Waals surface area contributed by atoms with E-state index in [9.17, 15) is 105 Å². The molecule has 0 unspecified atom stereocenters. The van der Waals surface area contributed by atoms with E-state index in [4.69, 9.17) is 0 Å². The molecular weight excluding hydrogens is 1980 g/mol. The second-order valence-electron chi connectivity index (χ2n) is 29.9. The largest absolute Gasteiger partial charge is 0.416 e. The van der Waals surface area contributed by atoms with Crippen molar-refractivity contribution in [2.45, 2.75) is 107 Å². The van der Waals surface area contributed by atoms with E-state index >= 15 is 0 Å². The minimum Gasteiger partial charge on any atom is -0.207 e. The van der Waals surface area contributed by atoms with E-state index in [2.05, 4.69) is 0 Å². The Morgan fingerprint density at radius 2 is 0.305 bits per heavy atom. The van der Waals surface area contributed by atoms with Gasteiger partial charge >= 0.3 is 12.4 Å². The molecule has 0 fully saturated rings. The lowest BCUT2D eigenvalue weighted by Crippen LogP contribution is -2.09. The van der Waals surface area contributed by atoms with Gasteiger partial charge in [-0.05, 0) is 159 Å². The first kappa shape index (κ1) is 105. The molecule has 0 amide bonds. The molecule has 0 bridgehead atoms. The summed E-state index contributed by atoms with van der Waals surface area (Å²) in [5.41, 5.74) is -0.528. The third-order valence-corrected chi connectivity index (χ3v) is 33.0. The third-order valence-electron chi connectivity index (χ3n) is 19.7. The van der Waals surface area contributed by atoms with Gasteiger partial charge in [-0.1, -0.05) is 127 Å². The molecule has 0 aromatic heterocycles. The average Bonchev–Trinajstić information content (AvgIpc) is 0.791. The van der Waals surface area contributed by atoms with Crippen molar-refractivity contribution in [2.75, 3.05) is 0 Å². The minimum absolute atomic E-state index is 0.00694. The summed E-state index contributed by atoms with van der Waals surface area (Å²) in [6, 6.07) is 101. The van der Waals surface area contributed by atoms with Crippen molar-refractivity contribution in [3.8, 4) is 0 Å². The van der Waals surface area contributed by atoms with Crippen LogP contribution < -0.4 is 0 Å². The zero-order valence-electron chi connectivity index (χ0n) is 72.9. The van der Waals surface area contributed by atoms with Crippen molar-refractivity contribution in [2.24, 2.45) is 0 Å². The molecule has 0 atom stereocenters. The summed E-state index contributed by atoms with van der Waals surface area (Å²) in [6.07, 6.45) is -8.90. The number of halogens is 24. The Balaban J connectivity index is 0.000000143. The Morgan fingerprint density at radius 1 is 0.142 bits per heavy atom. The molecule has 0 saturated heterocycles. The molecular formula is C111H72F24S6+6. The Hall–Kier alpha value is -13.6. The SMILES string of the molecule is Cc1ccc([S+](c2ccc(C(F)(F)F)cc2)c2ccc(C(F)(F)F)cc2)cc1.Fc1cc(F)cc([S+](c2cc(F)cc(F)c2)c2cc(F)cc(F)c2)c1.Fc1cc(F)cc([S+](c2ccccc2)c2cc(F)cc(F)c2)c1.Fc1cc(F)cc([S+](c2ccccc2)c2ccccc2)c1.Fc1ccc([S+](c2ccccc2)c2ccc(F)cc2F)c(F)c1.Fc1ccc([S+](c2ccccc2)c2ccccc2)c(F)c1. The zero-order valence-corrected chi connectivity index (χ0v) is 77.8. The van der Waals surface area contributed by atoms with Gasteiger partial charge in [0.05, 0.1) is 54.7 Å². The van der Waals surface area contributed by atoms with E-state index < -0.39 is 194 Å². The lowest BCUT2D eigenvalue weighted by atomic mass is 10.2. The van der Waals surface area contributed by atoms with Gasteiger partial charge in [0.15, 0.2) is 90.9 Å². The first-order chi connectivity index (χ1) is 67.4. The maximum Gasteiger partial charge on any atom is 0.416 e. The number of aryl methyl sites for hydroxylation is 1. The summed E-state index contributed by atoms with van der Waals surface area (Å²) in [4.78, 5) is 9.53. The number of benzene rings is 18. The highest BCUT2D eigenvalue weighted by atomic mass is 32.2. The van der Waals surface area contributed by atoms with E-state index in [0.717, 1.165) is 139 Å². The highest BCUT2D eigenvalue weighted by Gasteiger charge is 2.41. The molecule has 0 saturated carbocycles. The minimum atomic E-state index is -4.45. The van der Waals surface area contributed by atoms with Gasteiger partial charge in [0.1, 0.15) is 109 Å². The molecule has 0 N–H and O–H groups in total. The maximum atomic E-state index is 14.3. The number of hydrogen-bond acceptors (Lipinski definition) is 0. The van der Waals surface area contributed by atoms with Crippen LogP contribution in [0.15, 0.2) is 507 Å². The molecule has 18 rings (SSSR count). The number of rotatable bonds is 18.